The first-order valence-corrected chi connectivity index (χ1v) is 18.9. The van der Waals surface area contributed by atoms with E-state index in [9.17, 15) is 0 Å². The van der Waals surface area contributed by atoms with Crippen molar-refractivity contribution in [2.75, 3.05) is 0 Å². The molecule has 0 radical (unpaired) electrons. The molecule has 0 bridgehead atoms. The number of halogens is 3. The van der Waals surface area contributed by atoms with Crippen molar-refractivity contribution >= 4 is 36.4 Å². The fourth-order valence-electron chi connectivity index (χ4n) is 7.17. The molecule has 6 aromatic carbocycles. The van der Waals surface area contributed by atoms with Crippen LogP contribution in [-0.2, 0) is 21.3 Å². The molecule has 0 nitrogen and oxygen atoms in total. The van der Waals surface area contributed by atoms with Crippen molar-refractivity contribution in [2.24, 2.45) is 0 Å². The summed E-state index contributed by atoms with van der Waals surface area (Å²) in [5.41, 5.74) is 9.74. The minimum absolute atomic E-state index is 0. The van der Waals surface area contributed by atoms with Gasteiger partial charge in [-0.1, -0.05) is 0 Å². The van der Waals surface area contributed by atoms with E-state index >= 15 is 0 Å². The fraction of sp³-hybridized carbons (Fsp3) is 0.0750. The Balaban J connectivity index is 0.00000171. The minimum atomic E-state index is -2.81. The Labute approximate surface area is 284 Å². The standard InChI is InChI=1S/C21H13.C14H11Cl.C5H5.2ClH.Zr/c1-2-8-15-14(7-1)13-20-18-11-4-3-9-16(18)17-10-5-6-12-19(17)21(15)20;1-11-5-7-12(8-6-11)9-13-3-2-4-14(15)10-13;1-2-4-5-3-1;;;/h1-13H;2-8,10H,1H3;1-3H,4H2;2*1H;/q;;;;;+2/p-2. The van der Waals surface area contributed by atoms with Gasteiger partial charge < -0.3 is 24.8 Å². The van der Waals surface area contributed by atoms with Gasteiger partial charge in [0.05, 0.1) is 0 Å². The number of hydrogen-bond donors (Lipinski definition) is 0. The van der Waals surface area contributed by atoms with Gasteiger partial charge in [0.15, 0.2) is 0 Å². The zero-order valence-electron chi connectivity index (χ0n) is 24.2. The Bertz CT molecular complexity index is 2140. The largest absolute Gasteiger partial charge is 1.00 e. The summed E-state index contributed by atoms with van der Waals surface area (Å²) < 4.78 is 3.51. The third-order valence-corrected chi connectivity index (χ3v) is 17.4. The Morgan fingerprint density at radius 1 is 0.682 bits per heavy atom. The Morgan fingerprint density at radius 2 is 1.34 bits per heavy atom. The van der Waals surface area contributed by atoms with Crippen LogP contribution in [0.5, 0.6) is 0 Å². The molecule has 4 heteroatoms. The maximum Gasteiger partial charge on any atom is -1.00 e. The first-order valence-electron chi connectivity index (χ1n) is 14.6. The molecule has 0 N–H and O–H groups in total. The van der Waals surface area contributed by atoms with Crippen molar-refractivity contribution in [1.29, 1.82) is 0 Å². The van der Waals surface area contributed by atoms with Gasteiger partial charge in [0.2, 0.25) is 0 Å². The molecule has 0 aliphatic heterocycles. The van der Waals surface area contributed by atoms with Crippen molar-refractivity contribution in [3.05, 3.63) is 176 Å². The molecule has 2 aliphatic rings. The average molecular weight is 707 g/mol. The molecule has 44 heavy (non-hydrogen) atoms. The summed E-state index contributed by atoms with van der Waals surface area (Å²) in [6, 6.07) is 45.2. The molecule has 0 saturated carbocycles. The van der Waals surface area contributed by atoms with E-state index in [1.165, 1.54) is 63.7 Å². The predicted molar refractivity (Wildman–Crippen MR) is 176 cm³/mol. The van der Waals surface area contributed by atoms with Gasteiger partial charge in [-0.25, -0.2) is 0 Å². The summed E-state index contributed by atoms with van der Waals surface area (Å²) in [7, 11) is 0. The maximum absolute atomic E-state index is 6.71. The summed E-state index contributed by atoms with van der Waals surface area (Å²) in [5.74, 6) is 0. The molecule has 1 unspecified atom stereocenters. The molecule has 214 valence electrons. The quantitative estimate of drug-likeness (QED) is 0.232. The summed E-state index contributed by atoms with van der Waals surface area (Å²) in [6.45, 7) is 2.17. The molecule has 0 spiro atoms. The van der Waals surface area contributed by atoms with Crippen LogP contribution in [0.15, 0.2) is 143 Å². The van der Waals surface area contributed by atoms with E-state index < -0.39 is 21.3 Å². The molecule has 0 heterocycles. The predicted octanol–water partition coefficient (Wildman–Crippen LogP) is 4.76. The second-order valence-electron chi connectivity index (χ2n) is 11.4. The topological polar surface area (TPSA) is 0 Å². The smallest absolute Gasteiger partial charge is 1.00 e. The third kappa shape index (κ3) is 5.09. The molecule has 0 saturated heterocycles. The summed E-state index contributed by atoms with van der Waals surface area (Å²) >= 11 is 3.90. The SMILES string of the molecule is Cc1ccc(/[C](c2cccc(Cl)c2)=[Zr+2](/[C]2=CC=CC2)[CH]2c3ccccc3-c3c2c2ccccc2c2ccccc32)cc1.[Cl-].[Cl-]. The zero-order chi connectivity index (χ0) is 28.2. The monoisotopic (exact) mass is 704 g/mol. The van der Waals surface area contributed by atoms with Crippen LogP contribution >= 0.6 is 11.6 Å². The molecule has 8 rings (SSSR count). The van der Waals surface area contributed by atoms with Crippen LogP contribution in [-0.4, -0.2) is 3.21 Å². The van der Waals surface area contributed by atoms with Crippen molar-refractivity contribution in [1.82, 2.24) is 0 Å². The van der Waals surface area contributed by atoms with Gasteiger partial charge in [0, 0.05) is 0 Å². The van der Waals surface area contributed by atoms with Crippen molar-refractivity contribution < 1.29 is 46.1 Å². The van der Waals surface area contributed by atoms with E-state index in [-0.39, 0.29) is 24.8 Å². The number of benzene rings is 6. The number of allylic oxidation sites excluding steroid dienone is 4. The maximum atomic E-state index is 6.71. The van der Waals surface area contributed by atoms with E-state index in [2.05, 4.69) is 140 Å². The minimum Gasteiger partial charge on any atom is -1.00 e. The van der Waals surface area contributed by atoms with Crippen LogP contribution < -0.4 is 24.8 Å². The van der Waals surface area contributed by atoms with Crippen LogP contribution in [0.25, 0.3) is 32.7 Å². The molecule has 6 aromatic rings. The zero-order valence-corrected chi connectivity index (χ0v) is 28.9. The van der Waals surface area contributed by atoms with Crippen molar-refractivity contribution in [3.63, 3.8) is 0 Å². The van der Waals surface area contributed by atoms with E-state index in [4.69, 9.17) is 11.6 Å². The van der Waals surface area contributed by atoms with Gasteiger partial charge >= 0.3 is 261 Å². The van der Waals surface area contributed by atoms with Crippen LogP contribution in [0.1, 0.15) is 37.9 Å². The molecule has 0 aromatic heterocycles. The van der Waals surface area contributed by atoms with Crippen molar-refractivity contribution in [2.45, 2.75) is 17.0 Å². The van der Waals surface area contributed by atoms with Gasteiger partial charge in [-0.2, -0.15) is 0 Å². The Morgan fingerprint density at radius 3 is 2.05 bits per heavy atom. The number of fused-ring (bicyclic) bond motifs is 8. The van der Waals surface area contributed by atoms with E-state index in [1.54, 1.807) is 3.28 Å². The normalized spacial score (nSPS) is 14.8. The van der Waals surface area contributed by atoms with Crippen LogP contribution in [0.3, 0.4) is 0 Å². The second-order valence-corrected chi connectivity index (χ2v) is 18.1. The Kier molecular flexibility index (Phi) is 8.96. The average Bonchev–Trinajstić information content (AvgIpc) is 3.68. The van der Waals surface area contributed by atoms with E-state index in [0.717, 1.165) is 11.4 Å². The molecule has 0 amide bonds. The molecule has 0 fully saturated rings. The second kappa shape index (κ2) is 12.7. The molecular weight excluding hydrogens is 678 g/mol. The van der Waals surface area contributed by atoms with Gasteiger partial charge in [-0.15, -0.1) is 0 Å². The Hall–Kier alpha value is -3.06. The molecular formula is C40H29Cl3Zr. The number of rotatable bonds is 4. The van der Waals surface area contributed by atoms with Gasteiger partial charge in [0.25, 0.3) is 0 Å². The van der Waals surface area contributed by atoms with Gasteiger partial charge in [-0.3, -0.25) is 0 Å². The summed E-state index contributed by atoms with van der Waals surface area (Å²) in [4.78, 5) is 0. The summed E-state index contributed by atoms with van der Waals surface area (Å²) in [5, 5.41) is 6.24. The third-order valence-electron chi connectivity index (χ3n) is 8.93. The molecule has 2 aliphatic carbocycles. The van der Waals surface area contributed by atoms with Crippen LogP contribution in [0.2, 0.25) is 5.02 Å². The first kappa shape index (κ1) is 30.9. The van der Waals surface area contributed by atoms with Gasteiger partial charge in [0.1, 0.15) is 0 Å². The number of hydrogen-bond acceptors (Lipinski definition) is 0. The fourth-order valence-corrected chi connectivity index (χ4v) is 16.4. The van der Waals surface area contributed by atoms with Gasteiger partial charge in [-0.05, 0) is 0 Å². The summed E-state index contributed by atoms with van der Waals surface area (Å²) in [6.07, 6.45) is 8.10. The van der Waals surface area contributed by atoms with Crippen LogP contribution in [0, 0.1) is 6.92 Å². The van der Waals surface area contributed by atoms with E-state index in [1.807, 2.05) is 6.07 Å². The molecule has 1 atom stereocenters. The van der Waals surface area contributed by atoms with Crippen LogP contribution in [0.4, 0.5) is 0 Å². The van der Waals surface area contributed by atoms with E-state index in [0.29, 0.717) is 3.63 Å². The number of aryl methyl sites for hydroxylation is 1. The first-order chi connectivity index (χ1) is 20.7. The van der Waals surface area contributed by atoms with Crippen molar-refractivity contribution in [3.8, 4) is 11.1 Å².